The van der Waals surface area contributed by atoms with Crippen LogP contribution in [0.2, 0.25) is 0 Å². The lowest BCUT2D eigenvalue weighted by Gasteiger charge is -2.14. The highest BCUT2D eigenvalue weighted by Crippen LogP contribution is 2.35. The molecule has 0 unspecified atom stereocenters. The number of hydrogen-bond donors (Lipinski definition) is 3. The van der Waals surface area contributed by atoms with E-state index in [-0.39, 0.29) is 12.2 Å². The molecule has 0 spiro atoms. The number of alkyl halides is 3. The van der Waals surface area contributed by atoms with Crippen molar-refractivity contribution in [3.05, 3.63) is 59.8 Å². The summed E-state index contributed by atoms with van der Waals surface area (Å²) in [6.07, 6.45) is -4.83. The maximum Gasteiger partial charge on any atom is 0.417 e. The van der Waals surface area contributed by atoms with E-state index in [4.69, 9.17) is 5.14 Å². The fourth-order valence-electron chi connectivity index (χ4n) is 2.54. The number of nitrogens with one attached hydrogen (secondary N) is 2. The maximum absolute atomic E-state index is 13.1. The predicted octanol–water partition coefficient (Wildman–Crippen LogP) is 3.45. The second-order valence-electron chi connectivity index (χ2n) is 5.49. The number of rotatable bonds is 4. The molecule has 3 rings (SSSR count). The third-order valence-electron chi connectivity index (χ3n) is 3.66. The van der Waals surface area contributed by atoms with E-state index < -0.39 is 26.7 Å². The lowest BCUT2D eigenvalue weighted by molar-refractivity contribution is -0.139. The van der Waals surface area contributed by atoms with Crippen LogP contribution in [0.4, 0.5) is 18.9 Å². The van der Waals surface area contributed by atoms with E-state index in [9.17, 15) is 21.6 Å². The van der Waals surface area contributed by atoms with Crippen LogP contribution in [0.15, 0.2) is 53.4 Å². The number of para-hydroxylation sites is 1. The van der Waals surface area contributed by atoms with Gasteiger partial charge in [0.2, 0.25) is 10.0 Å². The third kappa shape index (κ3) is 3.77. The van der Waals surface area contributed by atoms with Crippen molar-refractivity contribution >= 4 is 26.6 Å². The standard InChI is InChI=1S/C16H14F3N3O2S/c17-16(18,19)13-8-11(5-6-15(13)25(20,23)24)21-9-12-7-10-3-1-2-4-14(10)22-12/h1-8,21-22H,9H2,(H2,20,23,24). The number of sulfonamides is 1. The van der Waals surface area contributed by atoms with Gasteiger partial charge in [-0.05, 0) is 35.7 Å². The van der Waals surface area contributed by atoms with Crippen molar-refractivity contribution in [2.75, 3.05) is 5.32 Å². The van der Waals surface area contributed by atoms with E-state index in [1.54, 1.807) is 0 Å². The predicted molar refractivity (Wildman–Crippen MR) is 88.4 cm³/mol. The summed E-state index contributed by atoms with van der Waals surface area (Å²) in [6.45, 7) is 0.251. The largest absolute Gasteiger partial charge is 0.417 e. The minimum absolute atomic E-state index is 0.137. The molecule has 5 nitrogen and oxygen atoms in total. The molecule has 25 heavy (non-hydrogen) atoms. The van der Waals surface area contributed by atoms with Gasteiger partial charge >= 0.3 is 6.18 Å². The Hall–Kier alpha value is -2.52. The Morgan fingerprint density at radius 2 is 1.80 bits per heavy atom. The maximum atomic E-state index is 13.1. The quantitative estimate of drug-likeness (QED) is 0.658. The minimum atomic E-state index is -4.83. The summed E-state index contributed by atoms with van der Waals surface area (Å²) in [6, 6.07) is 12.3. The summed E-state index contributed by atoms with van der Waals surface area (Å²) in [5.41, 5.74) is 0.542. The van der Waals surface area contributed by atoms with Gasteiger partial charge in [0.05, 0.1) is 17.0 Å². The monoisotopic (exact) mass is 369 g/mol. The van der Waals surface area contributed by atoms with Gasteiger partial charge in [-0.2, -0.15) is 13.2 Å². The molecule has 0 saturated heterocycles. The molecule has 0 aliphatic carbocycles. The molecule has 4 N–H and O–H groups in total. The zero-order valence-corrected chi connectivity index (χ0v) is 13.6. The normalized spacial score (nSPS) is 12.5. The number of aromatic amines is 1. The smallest absolute Gasteiger partial charge is 0.379 e. The van der Waals surface area contributed by atoms with E-state index in [1.807, 2.05) is 30.3 Å². The summed E-state index contributed by atoms with van der Waals surface area (Å²) in [5, 5.41) is 8.69. The van der Waals surface area contributed by atoms with E-state index in [0.717, 1.165) is 28.7 Å². The average molecular weight is 369 g/mol. The van der Waals surface area contributed by atoms with Crippen molar-refractivity contribution < 1.29 is 21.6 Å². The second-order valence-corrected chi connectivity index (χ2v) is 7.02. The molecule has 132 valence electrons. The summed E-state index contributed by atoms with van der Waals surface area (Å²) in [4.78, 5) is 2.20. The lowest BCUT2D eigenvalue weighted by Crippen LogP contribution is -2.19. The van der Waals surface area contributed by atoms with Gasteiger partial charge in [0, 0.05) is 16.9 Å². The van der Waals surface area contributed by atoms with Crippen molar-refractivity contribution in [3.8, 4) is 0 Å². The van der Waals surface area contributed by atoms with Gasteiger partial charge in [-0.3, -0.25) is 0 Å². The molecule has 0 bridgehead atoms. The first-order valence-electron chi connectivity index (χ1n) is 7.19. The van der Waals surface area contributed by atoms with Crippen molar-refractivity contribution in [2.24, 2.45) is 5.14 Å². The number of anilines is 1. The molecule has 0 atom stereocenters. The van der Waals surface area contributed by atoms with Gasteiger partial charge < -0.3 is 10.3 Å². The fraction of sp³-hybridized carbons (Fsp3) is 0.125. The Bertz CT molecular complexity index is 994. The molecule has 0 radical (unpaired) electrons. The number of benzene rings is 2. The zero-order valence-electron chi connectivity index (χ0n) is 12.8. The molecule has 3 aromatic rings. The summed E-state index contributed by atoms with van der Waals surface area (Å²) >= 11 is 0. The van der Waals surface area contributed by atoms with Gasteiger partial charge in [0.25, 0.3) is 0 Å². The fourth-order valence-corrected chi connectivity index (χ4v) is 3.27. The second kappa shape index (κ2) is 6.08. The first-order chi connectivity index (χ1) is 11.6. The molecule has 9 heteroatoms. The number of fused-ring (bicyclic) bond motifs is 1. The topological polar surface area (TPSA) is 88.0 Å². The van der Waals surface area contributed by atoms with E-state index in [1.165, 1.54) is 6.07 Å². The third-order valence-corrected chi connectivity index (χ3v) is 4.63. The van der Waals surface area contributed by atoms with Gasteiger partial charge in [-0.1, -0.05) is 18.2 Å². The van der Waals surface area contributed by atoms with E-state index in [2.05, 4.69) is 10.3 Å². The Morgan fingerprint density at radius 1 is 1.08 bits per heavy atom. The van der Waals surface area contributed by atoms with Gasteiger partial charge in [-0.15, -0.1) is 0 Å². The minimum Gasteiger partial charge on any atom is -0.379 e. The molecule has 0 aliphatic heterocycles. The molecule has 0 aliphatic rings. The molecular weight excluding hydrogens is 355 g/mol. The van der Waals surface area contributed by atoms with Crippen LogP contribution in [0.1, 0.15) is 11.3 Å². The number of H-pyrrole nitrogens is 1. The number of primary sulfonamides is 1. The van der Waals surface area contributed by atoms with Crippen molar-refractivity contribution in [1.29, 1.82) is 0 Å². The van der Waals surface area contributed by atoms with Crippen LogP contribution < -0.4 is 10.5 Å². The molecule has 0 amide bonds. The Morgan fingerprint density at radius 3 is 2.44 bits per heavy atom. The first-order valence-corrected chi connectivity index (χ1v) is 8.74. The number of nitrogens with two attached hydrogens (primary N) is 1. The van der Waals surface area contributed by atoms with Crippen LogP contribution in [-0.4, -0.2) is 13.4 Å². The zero-order chi connectivity index (χ0) is 18.2. The highest BCUT2D eigenvalue weighted by Gasteiger charge is 2.36. The number of aromatic nitrogens is 1. The highest BCUT2D eigenvalue weighted by molar-refractivity contribution is 7.89. The van der Waals surface area contributed by atoms with Crippen LogP contribution in [0.5, 0.6) is 0 Å². The molecular formula is C16H14F3N3O2S. The van der Waals surface area contributed by atoms with Crippen LogP contribution in [0.3, 0.4) is 0 Å². The summed E-state index contributed by atoms with van der Waals surface area (Å²) < 4.78 is 62.0. The Kier molecular flexibility index (Phi) is 4.21. The first kappa shape index (κ1) is 17.3. The van der Waals surface area contributed by atoms with Crippen LogP contribution in [-0.2, 0) is 22.7 Å². The molecule has 0 fully saturated rings. The lowest BCUT2D eigenvalue weighted by atomic mass is 10.2. The van der Waals surface area contributed by atoms with E-state index in [0.29, 0.717) is 0 Å². The molecule has 1 heterocycles. The Labute approximate surface area is 141 Å². The summed E-state index contributed by atoms with van der Waals surface area (Å²) in [5.74, 6) is 0. The van der Waals surface area contributed by atoms with E-state index >= 15 is 0 Å². The SMILES string of the molecule is NS(=O)(=O)c1ccc(NCc2cc3ccccc3[nH]2)cc1C(F)(F)F. The average Bonchev–Trinajstić information content (AvgIpc) is 2.94. The van der Waals surface area contributed by atoms with Gasteiger partial charge in [0.15, 0.2) is 0 Å². The summed E-state index contributed by atoms with van der Waals surface area (Å²) in [7, 11) is -4.47. The molecule has 1 aromatic heterocycles. The Balaban J connectivity index is 1.87. The van der Waals surface area contributed by atoms with Crippen LogP contribution >= 0.6 is 0 Å². The molecule has 0 saturated carbocycles. The van der Waals surface area contributed by atoms with Crippen molar-refractivity contribution in [2.45, 2.75) is 17.6 Å². The van der Waals surface area contributed by atoms with Crippen molar-refractivity contribution in [3.63, 3.8) is 0 Å². The highest BCUT2D eigenvalue weighted by atomic mass is 32.2. The van der Waals surface area contributed by atoms with Gasteiger partial charge in [-0.25, -0.2) is 13.6 Å². The van der Waals surface area contributed by atoms with Crippen LogP contribution in [0, 0.1) is 0 Å². The number of halogens is 3. The number of hydrogen-bond acceptors (Lipinski definition) is 3. The van der Waals surface area contributed by atoms with Gasteiger partial charge in [0.1, 0.15) is 0 Å². The van der Waals surface area contributed by atoms with Crippen LogP contribution in [0.25, 0.3) is 10.9 Å². The molecule has 2 aromatic carbocycles. The van der Waals surface area contributed by atoms with Crippen molar-refractivity contribution in [1.82, 2.24) is 4.98 Å².